The first kappa shape index (κ1) is 14.3. The fourth-order valence-corrected chi connectivity index (χ4v) is 2.12. The van der Waals surface area contributed by atoms with Crippen molar-refractivity contribution in [2.75, 3.05) is 0 Å². The second-order valence-corrected chi connectivity index (χ2v) is 4.66. The molecule has 0 aliphatic rings. The lowest BCUT2D eigenvalue weighted by molar-refractivity contribution is -0.137. The number of nitrogens with zero attached hydrogens (tertiary/aromatic N) is 3. The number of alkyl halides is 3. The van der Waals surface area contributed by atoms with E-state index in [1.165, 1.54) is 18.3 Å². The van der Waals surface area contributed by atoms with E-state index < -0.39 is 11.7 Å². The average Bonchev–Trinajstić information content (AvgIpc) is 2.38. The zero-order valence-corrected chi connectivity index (χ0v) is 10.7. The highest BCUT2D eigenvalue weighted by atomic mass is 32.2. The minimum Gasteiger partial charge on any atom is -0.384 e. The summed E-state index contributed by atoms with van der Waals surface area (Å²) in [7, 11) is 0. The van der Waals surface area contributed by atoms with Gasteiger partial charge in [0.25, 0.3) is 0 Å². The van der Waals surface area contributed by atoms with Crippen LogP contribution in [0.4, 0.5) is 13.2 Å². The SMILES string of the molecule is N=C(N)c1ccnnc1Sc1ccc(C(F)(F)F)cn1. The molecular weight excluding hydrogens is 291 g/mol. The lowest BCUT2D eigenvalue weighted by Gasteiger charge is -2.07. The summed E-state index contributed by atoms with van der Waals surface area (Å²) in [5.41, 5.74) is 4.91. The number of nitrogen functional groups attached to an aromatic ring is 1. The quantitative estimate of drug-likeness (QED) is 0.670. The van der Waals surface area contributed by atoms with E-state index in [9.17, 15) is 13.2 Å². The first-order valence-corrected chi connectivity index (χ1v) is 6.07. The van der Waals surface area contributed by atoms with Crippen LogP contribution in [-0.4, -0.2) is 21.0 Å². The number of hydrogen-bond acceptors (Lipinski definition) is 5. The van der Waals surface area contributed by atoms with Crippen molar-refractivity contribution >= 4 is 17.6 Å². The van der Waals surface area contributed by atoms with Gasteiger partial charge in [-0.2, -0.15) is 18.3 Å². The zero-order chi connectivity index (χ0) is 14.8. The molecule has 2 aromatic heterocycles. The van der Waals surface area contributed by atoms with Gasteiger partial charge in [0, 0.05) is 6.20 Å². The molecule has 0 atom stereocenters. The highest BCUT2D eigenvalue weighted by Crippen LogP contribution is 2.31. The number of aromatic nitrogens is 3. The van der Waals surface area contributed by atoms with Crippen molar-refractivity contribution in [1.29, 1.82) is 5.41 Å². The predicted octanol–water partition coefficient (Wildman–Crippen LogP) is 2.33. The standard InChI is InChI=1S/C11H8F3N5S/c12-11(13,14)6-1-2-8(17-5-6)20-10-7(9(15)16)3-4-18-19-10/h1-5H,(H3,15,16). The van der Waals surface area contributed by atoms with E-state index in [0.29, 0.717) is 15.6 Å². The maximum atomic E-state index is 12.4. The fraction of sp³-hybridized carbons (Fsp3) is 0.0909. The van der Waals surface area contributed by atoms with Gasteiger partial charge in [0.05, 0.1) is 17.3 Å². The maximum Gasteiger partial charge on any atom is 0.417 e. The van der Waals surface area contributed by atoms with E-state index in [1.807, 2.05) is 0 Å². The molecule has 0 saturated heterocycles. The molecule has 20 heavy (non-hydrogen) atoms. The zero-order valence-electron chi connectivity index (χ0n) is 9.85. The number of pyridine rings is 1. The summed E-state index contributed by atoms with van der Waals surface area (Å²) in [6, 6.07) is 3.66. The Balaban J connectivity index is 2.25. The largest absolute Gasteiger partial charge is 0.417 e. The minimum absolute atomic E-state index is 0.200. The van der Waals surface area contributed by atoms with Crippen molar-refractivity contribution in [2.24, 2.45) is 5.73 Å². The Kier molecular flexibility index (Phi) is 3.89. The van der Waals surface area contributed by atoms with Crippen LogP contribution in [-0.2, 0) is 6.18 Å². The van der Waals surface area contributed by atoms with Gasteiger partial charge in [-0.25, -0.2) is 4.98 Å². The fourth-order valence-electron chi connectivity index (χ4n) is 1.31. The van der Waals surface area contributed by atoms with Crippen LogP contribution in [0.1, 0.15) is 11.1 Å². The molecule has 0 spiro atoms. The molecule has 0 fully saturated rings. The molecule has 3 N–H and O–H groups in total. The van der Waals surface area contributed by atoms with Crippen LogP contribution in [0.3, 0.4) is 0 Å². The normalized spacial score (nSPS) is 11.3. The van der Waals surface area contributed by atoms with Gasteiger partial charge < -0.3 is 5.73 Å². The first-order valence-electron chi connectivity index (χ1n) is 5.25. The van der Waals surface area contributed by atoms with Crippen molar-refractivity contribution in [3.8, 4) is 0 Å². The summed E-state index contributed by atoms with van der Waals surface area (Å²) in [5, 5.41) is 15.5. The number of nitrogens with two attached hydrogens (primary N) is 1. The van der Waals surface area contributed by atoms with E-state index in [2.05, 4.69) is 15.2 Å². The first-order chi connectivity index (χ1) is 9.38. The highest BCUT2D eigenvalue weighted by molar-refractivity contribution is 7.99. The summed E-state index contributed by atoms with van der Waals surface area (Å²) in [6.07, 6.45) is -2.31. The van der Waals surface area contributed by atoms with Crippen molar-refractivity contribution in [3.05, 3.63) is 41.7 Å². The number of amidine groups is 1. The van der Waals surface area contributed by atoms with Gasteiger partial charge in [-0.3, -0.25) is 5.41 Å². The van der Waals surface area contributed by atoms with Gasteiger partial charge in [-0.05, 0) is 30.0 Å². The van der Waals surface area contributed by atoms with Gasteiger partial charge >= 0.3 is 6.18 Å². The van der Waals surface area contributed by atoms with Crippen LogP contribution in [0, 0.1) is 5.41 Å². The highest BCUT2D eigenvalue weighted by Gasteiger charge is 2.30. The number of halogens is 3. The Hall–Kier alpha value is -2.16. The Bertz CT molecular complexity index is 627. The summed E-state index contributed by atoms with van der Waals surface area (Å²) in [6.45, 7) is 0. The smallest absolute Gasteiger partial charge is 0.384 e. The molecule has 0 aliphatic carbocycles. The van der Waals surface area contributed by atoms with Crippen LogP contribution < -0.4 is 5.73 Å². The third kappa shape index (κ3) is 3.23. The summed E-state index contributed by atoms with van der Waals surface area (Å²) >= 11 is 0.989. The third-order valence-electron chi connectivity index (χ3n) is 2.24. The van der Waals surface area contributed by atoms with Crippen molar-refractivity contribution in [1.82, 2.24) is 15.2 Å². The Morgan fingerprint density at radius 3 is 2.55 bits per heavy atom. The molecule has 9 heteroatoms. The molecule has 104 valence electrons. The van der Waals surface area contributed by atoms with Crippen molar-refractivity contribution in [2.45, 2.75) is 16.2 Å². The molecular formula is C11H8F3N5S. The monoisotopic (exact) mass is 299 g/mol. The van der Waals surface area contributed by atoms with Crippen LogP contribution in [0.5, 0.6) is 0 Å². The van der Waals surface area contributed by atoms with Crippen molar-refractivity contribution in [3.63, 3.8) is 0 Å². The number of hydrogen-bond donors (Lipinski definition) is 2. The van der Waals surface area contributed by atoms with E-state index in [4.69, 9.17) is 11.1 Å². The van der Waals surface area contributed by atoms with E-state index >= 15 is 0 Å². The van der Waals surface area contributed by atoms with Gasteiger partial charge in [-0.15, -0.1) is 5.10 Å². The maximum absolute atomic E-state index is 12.4. The van der Waals surface area contributed by atoms with Crippen LogP contribution in [0.25, 0.3) is 0 Å². The second kappa shape index (κ2) is 5.45. The van der Waals surface area contributed by atoms with E-state index in [0.717, 1.165) is 24.0 Å². The summed E-state index contributed by atoms with van der Waals surface area (Å²) in [4.78, 5) is 3.70. The Morgan fingerprint density at radius 2 is 2.00 bits per heavy atom. The van der Waals surface area contributed by atoms with Crippen LogP contribution in [0.15, 0.2) is 40.6 Å². The van der Waals surface area contributed by atoms with E-state index in [-0.39, 0.29) is 5.84 Å². The van der Waals surface area contributed by atoms with Gasteiger partial charge in [0.2, 0.25) is 0 Å². The summed E-state index contributed by atoms with van der Waals surface area (Å²) < 4.78 is 37.2. The minimum atomic E-state index is -4.42. The molecule has 0 aliphatic heterocycles. The molecule has 2 rings (SSSR count). The van der Waals surface area contributed by atoms with Gasteiger partial charge in [0.1, 0.15) is 15.9 Å². The lowest BCUT2D eigenvalue weighted by Crippen LogP contribution is -2.13. The molecule has 2 aromatic rings. The van der Waals surface area contributed by atoms with Gasteiger partial charge in [0.15, 0.2) is 0 Å². The van der Waals surface area contributed by atoms with Crippen LogP contribution in [0.2, 0.25) is 0 Å². The molecule has 0 amide bonds. The van der Waals surface area contributed by atoms with Crippen molar-refractivity contribution < 1.29 is 13.2 Å². The molecule has 0 saturated carbocycles. The molecule has 0 bridgehead atoms. The summed E-state index contributed by atoms with van der Waals surface area (Å²) in [5.74, 6) is -0.200. The molecule has 5 nitrogen and oxygen atoms in total. The topological polar surface area (TPSA) is 88.5 Å². The van der Waals surface area contributed by atoms with E-state index in [1.54, 1.807) is 0 Å². The average molecular weight is 299 g/mol. The lowest BCUT2D eigenvalue weighted by atomic mass is 10.3. The third-order valence-corrected chi connectivity index (χ3v) is 3.19. The molecule has 2 heterocycles. The molecule has 0 radical (unpaired) electrons. The Labute approximate surface area is 115 Å². The van der Waals surface area contributed by atoms with Gasteiger partial charge in [-0.1, -0.05) is 0 Å². The second-order valence-electron chi connectivity index (χ2n) is 3.65. The molecule has 0 aromatic carbocycles. The molecule has 0 unspecified atom stereocenters. The Morgan fingerprint density at radius 1 is 1.25 bits per heavy atom. The predicted molar refractivity (Wildman–Crippen MR) is 66.4 cm³/mol. The number of nitrogens with one attached hydrogen (secondary N) is 1. The number of rotatable bonds is 3. The van der Waals surface area contributed by atoms with Crippen LogP contribution >= 0.6 is 11.8 Å².